The second-order valence-corrected chi connectivity index (χ2v) is 9.09. The van der Waals surface area contributed by atoms with Crippen LogP contribution in [0.4, 0.5) is 10.1 Å². The fourth-order valence-corrected chi connectivity index (χ4v) is 5.99. The Morgan fingerprint density at radius 2 is 1.66 bits per heavy atom. The molecule has 7 heteroatoms. The number of fused-ring (bicyclic) bond motifs is 5. The highest BCUT2D eigenvalue weighted by Gasteiger charge is 2.64. The lowest BCUT2D eigenvalue weighted by Gasteiger charge is -2.35. The third kappa shape index (κ3) is 2.51. The number of hydrogen-bond acceptors (Lipinski definition) is 5. The predicted molar refractivity (Wildman–Crippen MR) is 118 cm³/mol. The second kappa shape index (κ2) is 6.97. The third-order valence-corrected chi connectivity index (χ3v) is 7.47. The minimum absolute atomic E-state index is 0.0644. The molecule has 6 rings (SSSR count). The van der Waals surface area contributed by atoms with Gasteiger partial charge in [-0.3, -0.25) is 14.4 Å². The summed E-state index contributed by atoms with van der Waals surface area (Å²) >= 11 is 1.31. The molecule has 4 atom stereocenters. The van der Waals surface area contributed by atoms with Gasteiger partial charge in [-0.1, -0.05) is 42.5 Å². The number of imide groups is 1. The topological polar surface area (TPSA) is 57.7 Å². The van der Waals surface area contributed by atoms with Gasteiger partial charge in [-0.2, -0.15) is 0 Å². The first-order chi connectivity index (χ1) is 15.6. The van der Waals surface area contributed by atoms with Crippen molar-refractivity contribution in [3.8, 4) is 0 Å². The van der Waals surface area contributed by atoms with E-state index in [1.54, 1.807) is 18.2 Å². The molecule has 158 valence electrons. The molecule has 0 saturated carbocycles. The highest BCUT2D eigenvalue weighted by Crippen LogP contribution is 2.53. The molecule has 0 unspecified atom stereocenters. The number of Topliss-reactive ketones (excluding diaryl/α,β-unsaturated/α-hetero) is 1. The molecule has 2 saturated heterocycles. The van der Waals surface area contributed by atoms with E-state index in [0.717, 1.165) is 16.0 Å². The van der Waals surface area contributed by atoms with Crippen molar-refractivity contribution >= 4 is 40.7 Å². The fourth-order valence-electron chi connectivity index (χ4n) is 5.29. The van der Waals surface area contributed by atoms with E-state index in [-0.39, 0.29) is 11.5 Å². The number of halogens is 1. The van der Waals surface area contributed by atoms with Crippen LogP contribution in [0.2, 0.25) is 0 Å². The number of nitrogens with zero attached hydrogens (tertiary/aromatic N) is 2. The van der Waals surface area contributed by atoms with E-state index in [1.807, 2.05) is 46.8 Å². The Balaban J connectivity index is 1.52. The predicted octanol–water partition coefficient (Wildman–Crippen LogP) is 4.29. The molecule has 2 fully saturated rings. The number of anilines is 1. The average molecular weight is 444 g/mol. The lowest BCUT2D eigenvalue weighted by molar-refractivity contribution is -0.123. The molecule has 0 radical (unpaired) electrons. The Bertz CT molecular complexity index is 1300. The van der Waals surface area contributed by atoms with Gasteiger partial charge in [0.05, 0.1) is 28.4 Å². The number of benzene rings is 2. The molecule has 32 heavy (non-hydrogen) atoms. The van der Waals surface area contributed by atoms with Crippen LogP contribution in [0, 0.1) is 17.7 Å². The zero-order chi connectivity index (χ0) is 22.0. The SMILES string of the molecule is O=C(c1cccs1)[C@@H]1[C@@H]2C(=O)N(c3ccccc3F)C(=O)[C@H]2[C@H]2c3ccccc3C=CN12. The first-order valence-corrected chi connectivity index (χ1v) is 11.2. The van der Waals surface area contributed by atoms with Crippen LogP contribution in [0.25, 0.3) is 6.08 Å². The van der Waals surface area contributed by atoms with Crippen LogP contribution < -0.4 is 4.90 Å². The first-order valence-electron chi connectivity index (χ1n) is 10.3. The van der Waals surface area contributed by atoms with Gasteiger partial charge in [0, 0.05) is 6.20 Å². The van der Waals surface area contributed by atoms with Crippen LogP contribution in [-0.2, 0) is 9.59 Å². The van der Waals surface area contributed by atoms with E-state index >= 15 is 0 Å². The summed E-state index contributed by atoms with van der Waals surface area (Å²) in [5, 5.41) is 1.81. The maximum Gasteiger partial charge on any atom is 0.240 e. The van der Waals surface area contributed by atoms with Gasteiger partial charge in [0.1, 0.15) is 11.9 Å². The smallest absolute Gasteiger partial charge is 0.240 e. The number of amides is 2. The second-order valence-electron chi connectivity index (χ2n) is 8.14. The maximum atomic E-state index is 14.6. The van der Waals surface area contributed by atoms with Gasteiger partial charge in [0.15, 0.2) is 5.78 Å². The van der Waals surface area contributed by atoms with Crippen LogP contribution in [0.1, 0.15) is 26.8 Å². The number of para-hydroxylation sites is 1. The van der Waals surface area contributed by atoms with Crippen LogP contribution >= 0.6 is 11.3 Å². The minimum Gasteiger partial charge on any atom is -0.358 e. The van der Waals surface area contributed by atoms with Gasteiger partial charge in [-0.25, -0.2) is 9.29 Å². The Labute approximate surface area is 187 Å². The Morgan fingerprint density at radius 1 is 0.906 bits per heavy atom. The van der Waals surface area contributed by atoms with Crippen LogP contribution in [0.3, 0.4) is 0 Å². The number of rotatable bonds is 3. The van der Waals surface area contributed by atoms with E-state index in [9.17, 15) is 18.8 Å². The van der Waals surface area contributed by atoms with Gasteiger partial charge >= 0.3 is 0 Å². The van der Waals surface area contributed by atoms with E-state index in [4.69, 9.17) is 0 Å². The molecule has 3 aliphatic rings. The monoisotopic (exact) mass is 444 g/mol. The van der Waals surface area contributed by atoms with E-state index < -0.39 is 41.6 Å². The van der Waals surface area contributed by atoms with E-state index in [2.05, 4.69) is 0 Å². The zero-order valence-corrected chi connectivity index (χ0v) is 17.5. The fraction of sp³-hybridized carbons (Fsp3) is 0.160. The lowest BCUT2D eigenvalue weighted by atomic mass is 9.84. The summed E-state index contributed by atoms with van der Waals surface area (Å²) in [5.74, 6) is -3.50. The van der Waals surface area contributed by atoms with Crippen molar-refractivity contribution < 1.29 is 18.8 Å². The summed E-state index contributed by atoms with van der Waals surface area (Å²) in [6.45, 7) is 0. The number of carbonyl (C=O) groups is 3. The quantitative estimate of drug-likeness (QED) is 0.447. The number of hydrogen-bond donors (Lipinski definition) is 0. The zero-order valence-electron chi connectivity index (χ0n) is 16.7. The van der Waals surface area contributed by atoms with Gasteiger partial charge in [0.25, 0.3) is 0 Å². The van der Waals surface area contributed by atoms with Crippen molar-refractivity contribution in [3.63, 3.8) is 0 Å². The Hall–Kier alpha value is -3.58. The number of thiophene rings is 1. The van der Waals surface area contributed by atoms with Crippen molar-refractivity contribution in [1.82, 2.24) is 4.90 Å². The van der Waals surface area contributed by atoms with Crippen molar-refractivity contribution in [2.45, 2.75) is 12.1 Å². The summed E-state index contributed by atoms with van der Waals surface area (Å²) in [4.78, 5) is 44.2. The normalized spacial score (nSPS) is 25.7. The highest BCUT2D eigenvalue weighted by atomic mass is 32.1. The van der Waals surface area contributed by atoms with Gasteiger partial charge in [0.2, 0.25) is 11.8 Å². The molecule has 0 aliphatic carbocycles. The lowest BCUT2D eigenvalue weighted by Crippen LogP contribution is -2.44. The molecular formula is C25H17FN2O3S. The largest absolute Gasteiger partial charge is 0.358 e. The summed E-state index contributed by atoms with van der Waals surface area (Å²) in [6.07, 6.45) is 3.72. The molecule has 0 N–H and O–H groups in total. The van der Waals surface area contributed by atoms with Gasteiger partial charge in [-0.15, -0.1) is 11.3 Å². The van der Waals surface area contributed by atoms with Crippen molar-refractivity contribution in [2.24, 2.45) is 11.8 Å². The number of carbonyl (C=O) groups excluding carboxylic acids is 3. The molecule has 0 spiro atoms. The molecule has 3 aromatic rings. The molecule has 3 aliphatic heterocycles. The Morgan fingerprint density at radius 3 is 2.44 bits per heavy atom. The Kier molecular flexibility index (Phi) is 4.16. The van der Waals surface area contributed by atoms with Crippen molar-refractivity contribution in [1.29, 1.82) is 0 Å². The highest BCUT2D eigenvalue weighted by molar-refractivity contribution is 7.12. The summed E-state index contributed by atoms with van der Waals surface area (Å²) in [7, 11) is 0. The summed E-state index contributed by atoms with van der Waals surface area (Å²) < 4.78 is 14.6. The molecule has 5 nitrogen and oxygen atoms in total. The maximum absolute atomic E-state index is 14.6. The van der Waals surface area contributed by atoms with Crippen LogP contribution in [0.15, 0.2) is 72.2 Å². The van der Waals surface area contributed by atoms with Crippen LogP contribution in [-0.4, -0.2) is 28.5 Å². The summed E-state index contributed by atoms with van der Waals surface area (Å²) in [5.41, 5.74) is 1.77. The van der Waals surface area contributed by atoms with Gasteiger partial charge in [-0.05, 0) is 40.8 Å². The number of ketones is 1. The average Bonchev–Trinajstić information content (AvgIpc) is 3.51. The first kappa shape index (κ1) is 19.1. The molecule has 4 heterocycles. The van der Waals surface area contributed by atoms with Crippen molar-refractivity contribution in [2.75, 3.05) is 4.90 Å². The molecular weight excluding hydrogens is 427 g/mol. The molecule has 0 bridgehead atoms. The van der Waals surface area contributed by atoms with Crippen molar-refractivity contribution in [3.05, 3.63) is 94.1 Å². The van der Waals surface area contributed by atoms with E-state index in [1.165, 1.54) is 29.5 Å². The van der Waals surface area contributed by atoms with Gasteiger partial charge < -0.3 is 4.90 Å². The molecule has 1 aromatic heterocycles. The standard InChI is InChI=1S/C25H17FN2O3S/c26-16-8-3-4-9-17(16)28-24(30)19-20(25(28)31)22(23(29)18-10-5-13-32-18)27-12-11-14-6-1-2-7-15(14)21(19)27/h1-13,19-22H/t19-,20-,21-,22+/m1/s1. The third-order valence-electron chi connectivity index (χ3n) is 6.59. The summed E-state index contributed by atoms with van der Waals surface area (Å²) in [6, 6.07) is 15.6. The molecule has 2 aromatic carbocycles. The van der Waals surface area contributed by atoms with E-state index in [0.29, 0.717) is 4.88 Å². The minimum atomic E-state index is -0.891. The molecule has 2 amide bonds. The van der Waals surface area contributed by atoms with Crippen LogP contribution in [0.5, 0.6) is 0 Å².